The molecule has 0 unspecified atom stereocenters. The minimum atomic E-state index is 0.0485. The van der Waals surface area contributed by atoms with Crippen molar-refractivity contribution in [1.82, 2.24) is 9.97 Å². The van der Waals surface area contributed by atoms with Crippen molar-refractivity contribution in [1.29, 1.82) is 0 Å². The number of aliphatic imine (C=N–C) groups is 1. The van der Waals surface area contributed by atoms with E-state index in [-0.39, 0.29) is 11.9 Å². The van der Waals surface area contributed by atoms with E-state index >= 15 is 0 Å². The molecule has 0 fully saturated rings. The number of hydrogen-bond donors (Lipinski definition) is 3. The summed E-state index contributed by atoms with van der Waals surface area (Å²) in [6, 6.07) is 9.46. The number of aromatic hydroxyl groups is 1. The van der Waals surface area contributed by atoms with E-state index in [2.05, 4.69) is 23.0 Å². The third-order valence-electron chi connectivity index (χ3n) is 4.51. The van der Waals surface area contributed by atoms with Gasteiger partial charge in [-0.25, -0.2) is 4.99 Å². The molecule has 1 aromatic carbocycles. The Morgan fingerprint density at radius 1 is 1.15 bits per heavy atom. The second-order valence-corrected chi connectivity index (χ2v) is 7.17. The quantitative estimate of drug-likeness (QED) is 0.614. The first-order valence-corrected chi connectivity index (χ1v) is 9.07. The number of nitrogens with one attached hydrogen (secondary N) is 2. The number of phenols is 1. The van der Waals surface area contributed by atoms with Gasteiger partial charge >= 0.3 is 0 Å². The van der Waals surface area contributed by atoms with Gasteiger partial charge in [-0.3, -0.25) is 0 Å². The number of benzene rings is 1. The summed E-state index contributed by atoms with van der Waals surface area (Å²) in [7, 11) is 0. The molecule has 5 heteroatoms. The Morgan fingerprint density at radius 2 is 1.96 bits per heavy atom. The summed E-state index contributed by atoms with van der Waals surface area (Å²) >= 11 is 0. The van der Waals surface area contributed by atoms with Gasteiger partial charge in [0.25, 0.3) is 0 Å². The van der Waals surface area contributed by atoms with Gasteiger partial charge in [-0.05, 0) is 63.6 Å². The van der Waals surface area contributed by atoms with Crippen LogP contribution in [-0.2, 0) is 4.74 Å². The van der Waals surface area contributed by atoms with Crippen LogP contribution in [0.5, 0.6) is 5.75 Å². The van der Waals surface area contributed by atoms with E-state index in [1.165, 1.54) is 5.56 Å². The van der Waals surface area contributed by atoms with Crippen LogP contribution in [0.2, 0.25) is 0 Å². The van der Waals surface area contributed by atoms with Crippen LogP contribution in [0.3, 0.4) is 0 Å². The predicted molar refractivity (Wildman–Crippen MR) is 109 cm³/mol. The monoisotopic (exact) mass is 361 g/mol. The second-order valence-electron chi connectivity index (χ2n) is 7.17. The van der Waals surface area contributed by atoms with Crippen LogP contribution in [0.15, 0.2) is 52.9 Å². The van der Waals surface area contributed by atoms with E-state index in [0.29, 0.717) is 0 Å². The number of aromatic amines is 2. The Bertz CT molecular complexity index is 1110. The molecular weight excluding hydrogens is 338 g/mol. The topological polar surface area (TPSA) is 73.4 Å². The second kappa shape index (κ2) is 6.50. The molecule has 5 nitrogen and oxygen atoms in total. The number of rotatable bonds is 4. The first-order valence-electron chi connectivity index (χ1n) is 9.07. The van der Waals surface area contributed by atoms with Crippen molar-refractivity contribution in [2.24, 2.45) is 4.99 Å². The fourth-order valence-corrected chi connectivity index (χ4v) is 3.32. The zero-order valence-corrected chi connectivity index (χ0v) is 15.9. The van der Waals surface area contributed by atoms with E-state index in [1.54, 1.807) is 6.07 Å². The van der Waals surface area contributed by atoms with Crippen LogP contribution in [0.4, 0.5) is 0 Å². The van der Waals surface area contributed by atoms with Gasteiger partial charge in [0.15, 0.2) is 0 Å². The molecule has 3 heterocycles. The van der Waals surface area contributed by atoms with Gasteiger partial charge in [-0.2, -0.15) is 0 Å². The number of fused-ring (bicyclic) bond motifs is 1. The smallest absolute Gasteiger partial charge is 0.147 e. The van der Waals surface area contributed by atoms with Gasteiger partial charge < -0.3 is 19.8 Å². The number of allylic oxidation sites excluding steroid dienone is 1. The van der Waals surface area contributed by atoms with Crippen LogP contribution >= 0.6 is 0 Å². The lowest BCUT2D eigenvalue weighted by Gasteiger charge is -2.11. The van der Waals surface area contributed by atoms with Gasteiger partial charge in [0.2, 0.25) is 0 Å². The normalized spacial score (nSPS) is 15.7. The van der Waals surface area contributed by atoms with Crippen LogP contribution in [0.1, 0.15) is 36.5 Å². The molecule has 0 bridgehead atoms. The Kier molecular flexibility index (Phi) is 4.15. The highest BCUT2D eigenvalue weighted by atomic mass is 16.5. The highest BCUT2D eigenvalue weighted by molar-refractivity contribution is 6.13. The predicted octanol–water partition coefficient (Wildman–Crippen LogP) is 4.97. The summed E-state index contributed by atoms with van der Waals surface area (Å²) in [5.74, 6) is 0.999. The number of aromatic nitrogens is 2. The lowest BCUT2D eigenvalue weighted by molar-refractivity contribution is 0.155. The van der Waals surface area contributed by atoms with Crippen LogP contribution in [0.25, 0.3) is 17.0 Å². The lowest BCUT2D eigenvalue weighted by Crippen LogP contribution is -2.02. The van der Waals surface area contributed by atoms with E-state index in [4.69, 9.17) is 9.73 Å². The summed E-state index contributed by atoms with van der Waals surface area (Å²) in [6.45, 7) is 8.11. The number of phenolic OH excluding ortho intramolecular Hbond substituents is 1. The molecule has 0 radical (unpaired) electrons. The highest BCUT2D eigenvalue weighted by Gasteiger charge is 2.20. The molecule has 2 aromatic heterocycles. The maximum Gasteiger partial charge on any atom is 0.147 e. The number of H-pyrrole nitrogens is 2. The molecule has 0 aliphatic carbocycles. The van der Waals surface area contributed by atoms with Crippen molar-refractivity contribution in [2.75, 3.05) is 0 Å². The van der Waals surface area contributed by atoms with Crippen LogP contribution < -0.4 is 0 Å². The zero-order chi connectivity index (χ0) is 19.1. The molecule has 0 amide bonds. The van der Waals surface area contributed by atoms with Gasteiger partial charge in [-0.15, -0.1) is 0 Å². The minimum Gasteiger partial charge on any atom is -0.507 e. The molecule has 1 aliphatic rings. The summed E-state index contributed by atoms with van der Waals surface area (Å²) in [5.41, 5.74) is 6.60. The average molecular weight is 361 g/mol. The van der Waals surface area contributed by atoms with Crippen molar-refractivity contribution in [2.45, 2.75) is 33.8 Å². The largest absolute Gasteiger partial charge is 0.507 e. The number of hydrogen-bond acceptors (Lipinski definition) is 3. The van der Waals surface area contributed by atoms with Crippen LogP contribution in [0, 0.1) is 13.8 Å². The van der Waals surface area contributed by atoms with Crippen molar-refractivity contribution < 1.29 is 9.84 Å². The molecular formula is C22H23N3O2. The van der Waals surface area contributed by atoms with Gasteiger partial charge in [-0.1, -0.05) is 6.07 Å². The number of ether oxygens (including phenoxy) is 1. The maximum absolute atomic E-state index is 10.1. The molecule has 1 aliphatic heterocycles. The fraction of sp³-hybridized carbons (Fsp3) is 0.227. The van der Waals surface area contributed by atoms with Gasteiger partial charge in [0, 0.05) is 28.4 Å². The van der Waals surface area contributed by atoms with Gasteiger partial charge in [0.05, 0.1) is 17.5 Å². The number of aryl methyl sites for hydroxylation is 2. The first-order chi connectivity index (χ1) is 12.9. The fourth-order valence-electron chi connectivity index (χ4n) is 3.32. The third-order valence-corrected chi connectivity index (χ3v) is 4.51. The Hall–Kier alpha value is -3.21. The molecule has 4 rings (SSSR count). The van der Waals surface area contributed by atoms with E-state index in [9.17, 15) is 5.11 Å². The summed E-state index contributed by atoms with van der Waals surface area (Å²) < 4.78 is 5.99. The molecule has 0 atom stereocenters. The van der Waals surface area contributed by atoms with E-state index in [0.717, 1.165) is 45.2 Å². The molecule has 0 saturated heterocycles. The van der Waals surface area contributed by atoms with Crippen molar-refractivity contribution >= 4 is 22.7 Å². The van der Waals surface area contributed by atoms with Crippen molar-refractivity contribution in [3.05, 3.63) is 70.5 Å². The Morgan fingerprint density at radius 3 is 2.63 bits per heavy atom. The maximum atomic E-state index is 10.1. The van der Waals surface area contributed by atoms with Gasteiger partial charge in [0.1, 0.15) is 17.2 Å². The third kappa shape index (κ3) is 3.28. The van der Waals surface area contributed by atoms with E-state index < -0.39 is 0 Å². The first kappa shape index (κ1) is 17.2. The average Bonchev–Trinajstić information content (AvgIpc) is 3.26. The van der Waals surface area contributed by atoms with Crippen LogP contribution in [-0.4, -0.2) is 26.9 Å². The minimum absolute atomic E-state index is 0.0485. The molecule has 3 aromatic rings. The van der Waals surface area contributed by atoms with E-state index in [1.807, 2.05) is 51.1 Å². The molecule has 0 spiro atoms. The van der Waals surface area contributed by atoms with Crippen molar-refractivity contribution in [3.63, 3.8) is 0 Å². The SMILES string of the molecule is Cc1cc(C)c(C=C2N=C(c3cc4c(O)cccc4[nH]3)C=C2OC(C)C)[nH]1. The number of nitrogens with zero attached hydrogens (tertiary/aromatic N) is 1. The standard InChI is InChI=1S/C22H23N3O2/c1-12(2)27-22-11-19(18-9-15-16(24-18)6-5-7-21(15)26)25-20(22)10-17-13(3)8-14(4)23-17/h5-12,23-24,26H,1-4H3. The molecule has 27 heavy (non-hydrogen) atoms. The molecule has 3 N–H and O–H groups in total. The lowest BCUT2D eigenvalue weighted by atomic mass is 10.2. The summed E-state index contributed by atoms with van der Waals surface area (Å²) in [6.07, 6.45) is 4.01. The highest BCUT2D eigenvalue weighted by Crippen LogP contribution is 2.30. The Balaban J connectivity index is 1.78. The van der Waals surface area contributed by atoms with Crippen molar-refractivity contribution in [3.8, 4) is 5.75 Å². The summed E-state index contributed by atoms with van der Waals surface area (Å²) in [4.78, 5) is 11.5. The summed E-state index contributed by atoms with van der Waals surface area (Å²) in [5, 5.41) is 10.8. The molecule has 138 valence electrons. The Labute approximate surface area is 158 Å². The zero-order valence-electron chi connectivity index (χ0n) is 15.9. The molecule has 0 saturated carbocycles.